The monoisotopic (exact) mass is 284 g/mol. The van der Waals surface area contributed by atoms with Gasteiger partial charge in [0.1, 0.15) is 6.10 Å². The average molecular weight is 284 g/mol. The number of aromatic nitrogens is 2. The zero-order valence-electron chi connectivity index (χ0n) is 11.3. The van der Waals surface area contributed by atoms with Gasteiger partial charge in [-0.15, -0.1) is 5.10 Å². The molecule has 1 aromatic heterocycles. The van der Waals surface area contributed by atoms with Gasteiger partial charge in [-0.3, -0.25) is 0 Å². The molecule has 1 atom stereocenters. The lowest BCUT2D eigenvalue weighted by atomic mass is 9.98. The van der Waals surface area contributed by atoms with Crippen LogP contribution < -0.4 is 0 Å². The highest BCUT2D eigenvalue weighted by atomic mass is 32.1. The van der Waals surface area contributed by atoms with E-state index in [1.54, 1.807) is 0 Å². The van der Waals surface area contributed by atoms with Crippen molar-refractivity contribution >= 4 is 22.3 Å². The number of aliphatic hydroxyl groups is 1. The summed E-state index contributed by atoms with van der Waals surface area (Å²) in [7, 11) is 0. The van der Waals surface area contributed by atoms with Gasteiger partial charge in [-0.1, -0.05) is 60.3 Å². The third-order valence-electron chi connectivity index (χ3n) is 3.44. The van der Waals surface area contributed by atoms with Gasteiger partial charge in [0.25, 0.3) is 0 Å². The van der Waals surface area contributed by atoms with Gasteiger partial charge in [0, 0.05) is 0 Å². The van der Waals surface area contributed by atoms with Crippen molar-refractivity contribution in [3.63, 3.8) is 0 Å². The molecule has 0 aliphatic heterocycles. The van der Waals surface area contributed by atoms with E-state index in [4.69, 9.17) is 0 Å². The molecule has 0 bridgehead atoms. The normalized spacial score (nSPS) is 12.7. The molecule has 2 aromatic carbocycles. The SMILES string of the molecule is CCCc1nnsc1C(O)c1cccc2ccccc12. The molecule has 0 spiro atoms. The standard InChI is InChI=1S/C16H16N2OS/c1-2-6-14-16(20-18-17-14)15(19)13-10-5-8-11-7-3-4-9-12(11)13/h3-5,7-10,15,19H,2,6H2,1H3. The van der Waals surface area contributed by atoms with Gasteiger partial charge >= 0.3 is 0 Å². The van der Waals surface area contributed by atoms with Crippen LogP contribution in [0.1, 0.15) is 35.6 Å². The van der Waals surface area contributed by atoms with Crippen LogP contribution in [-0.2, 0) is 6.42 Å². The second-order valence-corrected chi connectivity index (χ2v) is 5.59. The summed E-state index contributed by atoms with van der Waals surface area (Å²) in [4.78, 5) is 0.864. The maximum absolute atomic E-state index is 10.7. The second-order valence-electron chi connectivity index (χ2n) is 4.80. The lowest BCUT2D eigenvalue weighted by molar-refractivity contribution is 0.224. The van der Waals surface area contributed by atoms with Crippen LogP contribution in [0.2, 0.25) is 0 Å². The van der Waals surface area contributed by atoms with Gasteiger partial charge in [-0.05, 0) is 34.3 Å². The highest BCUT2D eigenvalue weighted by molar-refractivity contribution is 7.05. The number of hydrogen-bond donors (Lipinski definition) is 1. The Morgan fingerprint density at radius 1 is 1.15 bits per heavy atom. The molecule has 0 saturated carbocycles. The van der Waals surface area contributed by atoms with Crippen molar-refractivity contribution in [3.8, 4) is 0 Å². The third-order valence-corrected chi connectivity index (χ3v) is 4.26. The van der Waals surface area contributed by atoms with E-state index >= 15 is 0 Å². The number of fused-ring (bicyclic) bond motifs is 1. The first kappa shape index (κ1) is 13.2. The molecule has 0 aliphatic rings. The van der Waals surface area contributed by atoms with Crippen molar-refractivity contribution in [3.05, 3.63) is 58.6 Å². The van der Waals surface area contributed by atoms with Crippen LogP contribution in [0, 0.1) is 0 Å². The predicted octanol–water partition coefficient (Wildman–Crippen LogP) is 3.73. The molecule has 1 unspecified atom stereocenters. The van der Waals surface area contributed by atoms with E-state index in [1.165, 1.54) is 11.5 Å². The number of aryl methyl sites for hydroxylation is 1. The first-order valence-electron chi connectivity index (χ1n) is 6.78. The summed E-state index contributed by atoms with van der Waals surface area (Å²) < 4.78 is 4.00. The maximum atomic E-state index is 10.7. The van der Waals surface area contributed by atoms with Crippen LogP contribution in [0.3, 0.4) is 0 Å². The fourth-order valence-corrected chi connectivity index (χ4v) is 3.17. The van der Waals surface area contributed by atoms with Gasteiger partial charge < -0.3 is 5.11 Å². The molecule has 0 radical (unpaired) electrons. The Balaban J connectivity index is 2.08. The van der Waals surface area contributed by atoms with Crippen molar-refractivity contribution < 1.29 is 5.11 Å². The summed E-state index contributed by atoms with van der Waals surface area (Å²) in [6.07, 6.45) is 1.21. The molecule has 3 aromatic rings. The van der Waals surface area contributed by atoms with Crippen LogP contribution in [0.5, 0.6) is 0 Å². The molecule has 20 heavy (non-hydrogen) atoms. The van der Waals surface area contributed by atoms with E-state index in [1.807, 2.05) is 30.3 Å². The van der Waals surface area contributed by atoms with Crippen LogP contribution in [0.15, 0.2) is 42.5 Å². The van der Waals surface area contributed by atoms with E-state index in [0.29, 0.717) is 0 Å². The topological polar surface area (TPSA) is 46.0 Å². The molecule has 102 valence electrons. The molecule has 3 rings (SSSR count). The number of hydrogen-bond acceptors (Lipinski definition) is 4. The zero-order chi connectivity index (χ0) is 13.9. The summed E-state index contributed by atoms with van der Waals surface area (Å²) >= 11 is 1.29. The first-order chi connectivity index (χ1) is 9.81. The Labute approximate surface area is 122 Å². The second kappa shape index (κ2) is 5.69. The molecule has 4 heteroatoms. The summed E-state index contributed by atoms with van der Waals surface area (Å²) in [5.74, 6) is 0. The van der Waals surface area contributed by atoms with Gasteiger partial charge in [0.2, 0.25) is 0 Å². The maximum Gasteiger partial charge on any atom is 0.117 e. The molecule has 1 heterocycles. The molecule has 3 nitrogen and oxygen atoms in total. The molecule has 0 aliphatic carbocycles. The molecular weight excluding hydrogens is 268 g/mol. The lowest BCUT2D eigenvalue weighted by Gasteiger charge is -2.13. The fraction of sp³-hybridized carbons (Fsp3) is 0.250. The zero-order valence-corrected chi connectivity index (χ0v) is 12.1. The van der Waals surface area contributed by atoms with E-state index in [9.17, 15) is 5.11 Å². The number of aliphatic hydroxyl groups excluding tert-OH is 1. The van der Waals surface area contributed by atoms with E-state index in [2.05, 4.69) is 28.6 Å². The average Bonchev–Trinajstić information content (AvgIpc) is 2.94. The summed E-state index contributed by atoms with van der Waals surface area (Å²) in [5.41, 5.74) is 1.84. The third kappa shape index (κ3) is 2.32. The number of nitrogens with zero attached hydrogens (tertiary/aromatic N) is 2. The quantitative estimate of drug-likeness (QED) is 0.794. The van der Waals surface area contributed by atoms with Crippen LogP contribution in [-0.4, -0.2) is 14.7 Å². The van der Waals surface area contributed by atoms with Crippen molar-refractivity contribution in [2.24, 2.45) is 0 Å². The first-order valence-corrected chi connectivity index (χ1v) is 7.55. The highest BCUT2D eigenvalue weighted by Crippen LogP contribution is 2.32. The largest absolute Gasteiger partial charge is 0.383 e. The van der Waals surface area contributed by atoms with Crippen LogP contribution in [0.4, 0.5) is 0 Å². The Kier molecular flexibility index (Phi) is 3.76. The van der Waals surface area contributed by atoms with Gasteiger partial charge in [-0.25, -0.2) is 0 Å². The van der Waals surface area contributed by atoms with Crippen LogP contribution >= 0.6 is 11.5 Å². The highest BCUT2D eigenvalue weighted by Gasteiger charge is 2.19. The van der Waals surface area contributed by atoms with E-state index < -0.39 is 6.10 Å². The van der Waals surface area contributed by atoms with Crippen molar-refractivity contribution in [2.75, 3.05) is 0 Å². The summed E-state index contributed by atoms with van der Waals surface area (Å²) in [5, 5.41) is 17.1. The van der Waals surface area contributed by atoms with Crippen molar-refractivity contribution in [2.45, 2.75) is 25.9 Å². The van der Waals surface area contributed by atoms with Gasteiger partial charge in [0.15, 0.2) is 0 Å². The Morgan fingerprint density at radius 3 is 2.80 bits per heavy atom. The summed E-state index contributed by atoms with van der Waals surface area (Å²) in [6.45, 7) is 2.10. The summed E-state index contributed by atoms with van der Waals surface area (Å²) in [6, 6.07) is 14.1. The van der Waals surface area contributed by atoms with Crippen molar-refractivity contribution in [1.82, 2.24) is 9.59 Å². The molecule has 0 amide bonds. The molecule has 1 N–H and O–H groups in total. The fourth-order valence-electron chi connectivity index (χ4n) is 2.46. The molecular formula is C16H16N2OS. The minimum Gasteiger partial charge on any atom is -0.383 e. The van der Waals surface area contributed by atoms with Crippen LogP contribution in [0.25, 0.3) is 10.8 Å². The Morgan fingerprint density at radius 2 is 1.95 bits per heavy atom. The predicted molar refractivity (Wildman–Crippen MR) is 81.9 cm³/mol. The van der Waals surface area contributed by atoms with Gasteiger partial charge in [0.05, 0.1) is 10.6 Å². The number of rotatable bonds is 4. The Hall–Kier alpha value is -1.78. The van der Waals surface area contributed by atoms with Crippen molar-refractivity contribution in [1.29, 1.82) is 0 Å². The Bertz CT molecular complexity index is 718. The van der Waals surface area contributed by atoms with E-state index in [-0.39, 0.29) is 0 Å². The molecule has 0 fully saturated rings. The van der Waals surface area contributed by atoms with Gasteiger partial charge in [-0.2, -0.15) is 0 Å². The lowest BCUT2D eigenvalue weighted by Crippen LogP contribution is -2.02. The van der Waals surface area contributed by atoms with E-state index in [0.717, 1.165) is 39.7 Å². The number of benzene rings is 2. The minimum absolute atomic E-state index is 0.650. The smallest absolute Gasteiger partial charge is 0.117 e. The minimum atomic E-state index is -0.650. The molecule has 0 saturated heterocycles.